The number of carbonyl (C=O) groups is 1. The zero-order valence-electron chi connectivity index (χ0n) is 12.3. The van der Waals surface area contributed by atoms with E-state index in [-0.39, 0.29) is 5.78 Å². The third-order valence-electron chi connectivity index (χ3n) is 3.66. The van der Waals surface area contributed by atoms with Crippen LogP contribution in [0.4, 0.5) is 0 Å². The summed E-state index contributed by atoms with van der Waals surface area (Å²) < 4.78 is 2.24. The lowest BCUT2D eigenvalue weighted by Gasteiger charge is -2.18. The van der Waals surface area contributed by atoms with Gasteiger partial charge in [-0.2, -0.15) is 11.3 Å². The van der Waals surface area contributed by atoms with E-state index in [4.69, 9.17) is 11.6 Å². The minimum atomic E-state index is -0.476. The van der Waals surface area contributed by atoms with Crippen molar-refractivity contribution in [3.63, 3.8) is 0 Å². The summed E-state index contributed by atoms with van der Waals surface area (Å²) >= 11 is 7.65. The van der Waals surface area contributed by atoms with Crippen molar-refractivity contribution in [2.45, 2.75) is 45.5 Å². The van der Waals surface area contributed by atoms with Gasteiger partial charge in [0.2, 0.25) is 0 Å². The molecule has 0 N–H and O–H groups in total. The number of halogens is 1. The molecule has 2 unspecified atom stereocenters. The maximum absolute atomic E-state index is 12.1. The fourth-order valence-electron chi connectivity index (χ4n) is 2.76. The third-order valence-corrected chi connectivity index (χ3v) is 4.59. The van der Waals surface area contributed by atoms with E-state index in [9.17, 15) is 4.79 Å². The normalized spacial score (nSPS) is 14.2. The summed E-state index contributed by atoms with van der Waals surface area (Å²) in [7, 11) is 0. The van der Waals surface area contributed by atoms with Gasteiger partial charge in [-0.05, 0) is 62.6 Å². The van der Waals surface area contributed by atoms with E-state index in [1.807, 2.05) is 19.9 Å². The molecular formula is C16H20ClNOS. The number of thiophene rings is 1. The van der Waals surface area contributed by atoms with Gasteiger partial charge in [0, 0.05) is 23.0 Å². The first-order chi connectivity index (χ1) is 9.41. The fourth-order valence-corrected chi connectivity index (χ4v) is 3.56. The largest absolute Gasteiger partial charge is 0.345 e. The van der Waals surface area contributed by atoms with Crippen LogP contribution in [0.5, 0.6) is 0 Å². The van der Waals surface area contributed by atoms with Crippen molar-refractivity contribution in [1.82, 2.24) is 4.57 Å². The van der Waals surface area contributed by atoms with Crippen LogP contribution in [-0.4, -0.2) is 15.7 Å². The van der Waals surface area contributed by atoms with Crippen LogP contribution in [0, 0.1) is 13.8 Å². The summed E-state index contributed by atoms with van der Waals surface area (Å²) in [6, 6.07) is 4.44. The lowest BCUT2D eigenvalue weighted by atomic mass is 10.1. The van der Waals surface area contributed by atoms with E-state index in [0.29, 0.717) is 6.04 Å². The number of rotatable bonds is 5. The number of alkyl halides is 1. The Labute approximate surface area is 129 Å². The molecule has 2 nitrogen and oxygen atoms in total. The van der Waals surface area contributed by atoms with E-state index >= 15 is 0 Å². The Hall–Kier alpha value is -1.06. The van der Waals surface area contributed by atoms with Crippen LogP contribution in [0.25, 0.3) is 0 Å². The van der Waals surface area contributed by atoms with Crippen LogP contribution in [0.2, 0.25) is 0 Å². The zero-order valence-corrected chi connectivity index (χ0v) is 13.9. The molecule has 0 amide bonds. The second kappa shape index (κ2) is 6.15. The number of ketones is 1. The predicted molar refractivity (Wildman–Crippen MR) is 86.3 cm³/mol. The molecule has 0 aromatic carbocycles. The highest BCUT2D eigenvalue weighted by Gasteiger charge is 2.21. The van der Waals surface area contributed by atoms with Crippen molar-refractivity contribution in [2.24, 2.45) is 0 Å². The van der Waals surface area contributed by atoms with E-state index in [0.717, 1.165) is 23.4 Å². The van der Waals surface area contributed by atoms with E-state index in [2.05, 4.69) is 28.3 Å². The fraction of sp³-hybridized carbons (Fsp3) is 0.438. The molecule has 0 saturated heterocycles. The number of Topliss-reactive ketones (excluding diaryl/α,β-unsaturated/α-hetero) is 1. The number of nitrogens with zero attached hydrogens (tertiary/aromatic N) is 1. The second-order valence-corrected chi connectivity index (χ2v) is 6.75. The van der Waals surface area contributed by atoms with Gasteiger partial charge in [0.25, 0.3) is 0 Å². The first kappa shape index (κ1) is 15.3. The maximum atomic E-state index is 12.1. The molecule has 0 aliphatic rings. The average Bonchev–Trinajstić information content (AvgIpc) is 2.96. The lowest BCUT2D eigenvalue weighted by molar-refractivity contribution is 0.0991. The van der Waals surface area contributed by atoms with Crippen molar-refractivity contribution < 1.29 is 4.79 Å². The van der Waals surface area contributed by atoms with Crippen molar-refractivity contribution in [2.75, 3.05) is 0 Å². The lowest BCUT2D eigenvalue weighted by Crippen LogP contribution is -2.14. The molecule has 20 heavy (non-hydrogen) atoms. The maximum Gasteiger partial charge on any atom is 0.182 e. The van der Waals surface area contributed by atoms with Crippen LogP contribution in [0.15, 0.2) is 22.9 Å². The molecular weight excluding hydrogens is 290 g/mol. The monoisotopic (exact) mass is 309 g/mol. The van der Waals surface area contributed by atoms with Crippen LogP contribution >= 0.6 is 22.9 Å². The van der Waals surface area contributed by atoms with Gasteiger partial charge in [-0.25, -0.2) is 0 Å². The van der Waals surface area contributed by atoms with Crippen LogP contribution in [0.1, 0.15) is 47.2 Å². The molecule has 2 aromatic rings. The van der Waals surface area contributed by atoms with Gasteiger partial charge in [-0.3, -0.25) is 4.79 Å². The summed E-state index contributed by atoms with van der Waals surface area (Å²) in [5.41, 5.74) is 4.23. The van der Waals surface area contributed by atoms with E-state index < -0.39 is 5.38 Å². The highest BCUT2D eigenvalue weighted by molar-refractivity contribution is 7.07. The quantitative estimate of drug-likeness (QED) is 0.575. The molecule has 2 aromatic heterocycles. The summed E-state index contributed by atoms with van der Waals surface area (Å²) in [4.78, 5) is 12.1. The molecule has 0 bridgehead atoms. The number of aryl methyl sites for hydroxylation is 1. The number of hydrogen-bond acceptors (Lipinski definition) is 2. The Morgan fingerprint density at radius 3 is 2.65 bits per heavy atom. The first-order valence-electron chi connectivity index (χ1n) is 6.79. The zero-order chi connectivity index (χ0) is 14.9. The molecule has 0 saturated carbocycles. The summed E-state index contributed by atoms with van der Waals surface area (Å²) in [5, 5.41) is 3.80. The molecule has 2 atom stereocenters. The van der Waals surface area contributed by atoms with Crippen LogP contribution in [-0.2, 0) is 6.42 Å². The summed E-state index contributed by atoms with van der Waals surface area (Å²) in [6.07, 6.45) is 0.976. The van der Waals surface area contributed by atoms with E-state index in [1.165, 1.54) is 5.56 Å². The van der Waals surface area contributed by atoms with Crippen LogP contribution in [0.3, 0.4) is 0 Å². The minimum Gasteiger partial charge on any atom is -0.345 e. The summed E-state index contributed by atoms with van der Waals surface area (Å²) in [6.45, 7) is 7.97. The van der Waals surface area contributed by atoms with Gasteiger partial charge in [0.1, 0.15) is 0 Å². The molecule has 2 heterocycles. The number of carbonyl (C=O) groups excluding carboxylic acids is 1. The van der Waals surface area contributed by atoms with Gasteiger partial charge < -0.3 is 4.57 Å². The smallest absolute Gasteiger partial charge is 0.182 e. The molecule has 2 rings (SSSR count). The third kappa shape index (κ3) is 2.99. The van der Waals surface area contributed by atoms with Crippen molar-refractivity contribution in [1.29, 1.82) is 0 Å². The van der Waals surface area contributed by atoms with Crippen molar-refractivity contribution in [3.05, 3.63) is 45.4 Å². The summed E-state index contributed by atoms with van der Waals surface area (Å²) in [5.74, 6) is 0.00810. The molecule has 4 heteroatoms. The molecule has 0 fully saturated rings. The van der Waals surface area contributed by atoms with E-state index in [1.54, 1.807) is 18.3 Å². The SMILES string of the molecule is Cc1cc(C(=O)C(C)Cl)c(C)n1C(C)Cc1ccsc1. The van der Waals surface area contributed by atoms with Crippen molar-refractivity contribution >= 4 is 28.7 Å². The number of hydrogen-bond donors (Lipinski definition) is 0. The van der Waals surface area contributed by atoms with Gasteiger partial charge in [-0.15, -0.1) is 11.6 Å². The van der Waals surface area contributed by atoms with Crippen molar-refractivity contribution in [3.8, 4) is 0 Å². The Bertz CT molecular complexity index is 598. The van der Waals surface area contributed by atoms with Gasteiger partial charge in [-0.1, -0.05) is 0 Å². The van der Waals surface area contributed by atoms with Gasteiger partial charge >= 0.3 is 0 Å². The molecule has 108 valence electrons. The second-order valence-electron chi connectivity index (χ2n) is 5.32. The minimum absolute atomic E-state index is 0.00810. The Kier molecular flexibility index (Phi) is 4.71. The van der Waals surface area contributed by atoms with Gasteiger partial charge in [0.05, 0.1) is 5.38 Å². The topological polar surface area (TPSA) is 22.0 Å². The molecule has 0 aliphatic heterocycles. The Morgan fingerprint density at radius 1 is 1.40 bits per heavy atom. The highest BCUT2D eigenvalue weighted by atomic mass is 35.5. The first-order valence-corrected chi connectivity index (χ1v) is 8.17. The Balaban J connectivity index is 2.30. The standard InChI is InChI=1S/C16H20ClNOS/c1-10(7-14-5-6-20-9-14)18-11(2)8-15(13(18)4)16(19)12(3)17/h5-6,8-10,12H,7H2,1-4H3. The van der Waals surface area contributed by atoms with Gasteiger partial charge in [0.15, 0.2) is 5.78 Å². The Morgan fingerprint density at radius 2 is 2.10 bits per heavy atom. The molecule has 0 aliphatic carbocycles. The van der Waals surface area contributed by atoms with Crippen LogP contribution < -0.4 is 0 Å². The highest BCUT2D eigenvalue weighted by Crippen LogP contribution is 2.25. The molecule has 0 radical (unpaired) electrons. The molecule has 0 spiro atoms. The average molecular weight is 310 g/mol. The number of aromatic nitrogens is 1. The predicted octanol–water partition coefficient (Wildman–Crippen LogP) is 4.78.